The highest BCUT2D eigenvalue weighted by Gasteiger charge is 2.62. The van der Waals surface area contributed by atoms with Crippen LogP contribution in [0.3, 0.4) is 0 Å². The normalized spacial score (nSPS) is 43.5. The van der Waals surface area contributed by atoms with Crippen LogP contribution in [0.15, 0.2) is 30.3 Å². The molecule has 0 spiro atoms. The van der Waals surface area contributed by atoms with E-state index in [4.69, 9.17) is 4.74 Å². The monoisotopic (exact) mass is 395 g/mol. The average Bonchev–Trinajstić information content (AvgIpc) is 3.06. The fraction of sp³-hybridized carbons (Fsp3) is 0.680. The smallest absolute Gasteiger partial charge is 0.306 e. The average molecular weight is 396 g/mol. The van der Waals surface area contributed by atoms with E-state index < -0.39 is 0 Å². The Balaban J connectivity index is 1.36. The topological polar surface area (TPSA) is 55.4 Å². The number of esters is 1. The molecule has 1 amide bonds. The van der Waals surface area contributed by atoms with E-state index in [1.165, 1.54) is 0 Å². The predicted molar refractivity (Wildman–Crippen MR) is 112 cm³/mol. The molecule has 0 unspecified atom stereocenters. The summed E-state index contributed by atoms with van der Waals surface area (Å²) in [7, 11) is 0. The van der Waals surface area contributed by atoms with Gasteiger partial charge in [-0.25, -0.2) is 0 Å². The van der Waals surface area contributed by atoms with E-state index >= 15 is 0 Å². The molecule has 3 saturated carbocycles. The molecule has 7 atom stereocenters. The Kier molecular flexibility index (Phi) is 4.52. The molecule has 1 heterocycles. The molecule has 4 fully saturated rings. The highest BCUT2D eigenvalue weighted by molar-refractivity contribution is 5.93. The van der Waals surface area contributed by atoms with Crippen molar-refractivity contribution in [3.63, 3.8) is 0 Å². The number of hydrogen-bond acceptors (Lipinski definition) is 3. The maximum atomic E-state index is 13.2. The largest absolute Gasteiger partial charge is 0.462 e. The zero-order valence-electron chi connectivity index (χ0n) is 17.7. The zero-order chi connectivity index (χ0) is 20.2. The molecule has 4 nitrogen and oxygen atoms in total. The first-order chi connectivity index (χ1) is 13.9. The summed E-state index contributed by atoms with van der Waals surface area (Å²) in [6.45, 7) is 4.75. The molecule has 5 rings (SSSR count). The van der Waals surface area contributed by atoms with Gasteiger partial charge in [0.1, 0.15) is 6.10 Å². The van der Waals surface area contributed by atoms with Gasteiger partial charge in [0.15, 0.2) is 0 Å². The highest BCUT2D eigenvalue weighted by atomic mass is 16.5. The molecule has 0 aromatic heterocycles. The summed E-state index contributed by atoms with van der Waals surface area (Å²) in [6.07, 6.45) is 8.22. The number of hydrogen-bond donors (Lipinski definition) is 1. The molecule has 1 aromatic rings. The molecular formula is C25H33NO3. The van der Waals surface area contributed by atoms with Crippen molar-refractivity contribution in [1.29, 1.82) is 0 Å². The number of carbonyl (C=O) groups is 2. The summed E-state index contributed by atoms with van der Waals surface area (Å²) in [4.78, 5) is 25.0. The molecule has 4 heteroatoms. The third kappa shape index (κ3) is 2.93. The minimum Gasteiger partial charge on any atom is -0.462 e. The molecule has 1 N–H and O–H groups in total. The summed E-state index contributed by atoms with van der Waals surface area (Å²) < 4.78 is 5.80. The Labute approximate surface area is 173 Å². The standard InChI is InChI=1S/C25H33NO3/c1-24-14-12-19-17(8-11-21-25(19,2)15-13-22(27)29-21)18(24)9-10-20(24)23(28)26-16-6-4-3-5-7-16/h3-7,17-21H,8-15H2,1-2H3,(H,26,28)/t17-,18-,19-,20+,21+,24-,25+/m0/s1. The minimum absolute atomic E-state index is 0.00918. The Morgan fingerprint density at radius 2 is 1.72 bits per heavy atom. The van der Waals surface area contributed by atoms with Gasteiger partial charge in [-0.2, -0.15) is 0 Å². The van der Waals surface area contributed by atoms with Crippen LogP contribution in [0.5, 0.6) is 0 Å². The van der Waals surface area contributed by atoms with Crippen LogP contribution in [-0.4, -0.2) is 18.0 Å². The van der Waals surface area contributed by atoms with Gasteiger partial charge in [-0.3, -0.25) is 9.59 Å². The van der Waals surface area contributed by atoms with E-state index in [1.807, 2.05) is 30.3 Å². The van der Waals surface area contributed by atoms with Crippen molar-refractivity contribution in [3.05, 3.63) is 30.3 Å². The second kappa shape index (κ2) is 6.85. The van der Waals surface area contributed by atoms with Crippen LogP contribution in [0.2, 0.25) is 0 Å². The second-order valence-electron chi connectivity index (χ2n) is 10.5. The van der Waals surface area contributed by atoms with Gasteiger partial charge in [-0.1, -0.05) is 32.0 Å². The second-order valence-corrected chi connectivity index (χ2v) is 10.5. The summed E-state index contributed by atoms with van der Waals surface area (Å²) in [5.41, 5.74) is 1.12. The van der Waals surface area contributed by atoms with Crippen molar-refractivity contribution in [3.8, 4) is 0 Å². The van der Waals surface area contributed by atoms with Crippen LogP contribution >= 0.6 is 0 Å². The summed E-state index contributed by atoms with van der Waals surface area (Å²) in [6, 6.07) is 9.85. The maximum absolute atomic E-state index is 13.2. The fourth-order valence-electron chi connectivity index (χ4n) is 7.73. The molecular weight excluding hydrogens is 362 g/mol. The Bertz CT molecular complexity index is 808. The van der Waals surface area contributed by atoms with Crippen LogP contribution in [0, 0.1) is 34.5 Å². The lowest BCUT2D eigenvalue weighted by Gasteiger charge is -2.59. The van der Waals surface area contributed by atoms with E-state index in [0.29, 0.717) is 24.2 Å². The minimum atomic E-state index is -0.00918. The number of rotatable bonds is 2. The number of nitrogens with one attached hydrogen (secondary N) is 1. The lowest BCUT2D eigenvalue weighted by molar-refractivity contribution is -0.192. The number of fused-ring (bicyclic) bond motifs is 5. The van der Waals surface area contributed by atoms with E-state index in [-0.39, 0.29) is 34.7 Å². The Morgan fingerprint density at radius 1 is 0.966 bits per heavy atom. The number of carbonyl (C=O) groups excluding carboxylic acids is 2. The third-order valence-corrected chi connectivity index (χ3v) is 9.28. The molecule has 4 aliphatic rings. The van der Waals surface area contributed by atoms with Gasteiger partial charge in [0.2, 0.25) is 5.91 Å². The SMILES string of the molecule is C[C@]12CCC(=O)O[C@@H]1CC[C@@H]1[C@@H]2CC[C@]2(C)[C@@H](C(=O)Nc3ccccc3)CC[C@@H]12. The molecule has 156 valence electrons. The van der Waals surface area contributed by atoms with Crippen molar-refractivity contribution < 1.29 is 14.3 Å². The van der Waals surface area contributed by atoms with Crippen molar-refractivity contribution >= 4 is 17.6 Å². The van der Waals surface area contributed by atoms with Gasteiger partial charge in [0.25, 0.3) is 0 Å². The van der Waals surface area contributed by atoms with Gasteiger partial charge in [-0.05, 0) is 80.2 Å². The van der Waals surface area contributed by atoms with E-state index in [1.54, 1.807) is 0 Å². The first-order valence-corrected chi connectivity index (χ1v) is 11.5. The lowest BCUT2D eigenvalue weighted by atomic mass is 9.47. The number of benzene rings is 1. The van der Waals surface area contributed by atoms with Gasteiger partial charge in [-0.15, -0.1) is 0 Å². The van der Waals surface area contributed by atoms with Gasteiger partial charge >= 0.3 is 5.97 Å². The first kappa shape index (κ1) is 19.1. The van der Waals surface area contributed by atoms with Crippen LogP contribution in [0.1, 0.15) is 65.2 Å². The Hall–Kier alpha value is -1.84. The first-order valence-electron chi connectivity index (χ1n) is 11.5. The number of anilines is 1. The van der Waals surface area contributed by atoms with E-state index in [2.05, 4.69) is 19.2 Å². The zero-order valence-corrected chi connectivity index (χ0v) is 17.7. The molecule has 0 bridgehead atoms. The quantitative estimate of drug-likeness (QED) is 0.701. The maximum Gasteiger partial charge on any atom is 0.306 e. The third-order valence-electron chi connectivity index (χ3n) is 9.28. The highest BCUT2D eigenvalue weighted by Crippen LogP contribution is 2.66. The molecule has 1 aliphatic heterocycles. The Morgan fingerprint density at radius 3 is 2.52 bits per heavy atom. The number of ether oxygens (including phenoxy) is 1. The summed E-state index contributed by atoms with van der Waals surface area (Å²) >= 11 is 0. The molecule has 29 heavy (non-hydrogen) atoms. The van der Waals surface area contributed by atoms with Crippen LogP contribution in [0.4, 0.5) is 5.69 Å². The summed E-state index contributed by atoms with van der Waals surface area (Å²) in [5, 5.41) is 3.18. The van der Waals surface area contributed by atoms with E-state index in [0.717, 1.165) is 50.6 Å². The van der Waals surface area contributed by atoms with Crippen molar-refractivity contribution in [2.24, 2.45) is 34.5 Å². The van der Waals surface area contributed by atoms with E-state index in [9.17, 15) is 9.59 Å². The van der Waals surface area contributed by atoms with Crippen LogP contribution in [-0.2, 0) is 14.3 Å². The number of amides is 1. The van der Waals surface area contributed by atoms with Crippen molar-refractivity contribution in [2.75, 3.05) is 5.32 Å². The molecule has 1 saturated heterocycles. The lowest BCUT2D eigenvalue weighted by Crippen LogP contribution is -2.56. The van der Waals surface area contributed by atoms with Gasteiger partial charge in [0.05, 0.1) is 0 Å². The van der Waals surface area contributed by atoms with Crippen LogP contribution < -0.4 is 5.32 Å². The van der Waals surface area contributed by atoms with Gasteiger partial charge < -0.3 is 10.1 Å². The molecule has 3 aliphatic carbocycles. The van der Waals surface area contributed by atoms with Gasteiger partial charge in [0, 0.05) is 23.4 Å². The van der Waals surface area contributed by atoms with Crippen molar-refractivity contribution in [1.82, 2.24) is 0 Å². The predicted octanol–water partition coefficient (Wildman–Crippen LogP) is 5.19. The fourth-order valence-corrected chi connectivity index (χ4v) is 7.73. The summed E-state index contributed by atoms with van der Waals surface area (Å²) in [5.74, 6) is 2.20. The molecule has 0 radical (unpaired) electrons. The van der Waals surface area contributed by atoms with Crippen molar-refractivity contribution in [2.45, 2.75) is 71.3 Å². The molecule has 1 aromatic carbocycles. The van der Waals surface area contributed by atoms with Crippen LogP contribution in [0.25, 0.3) is 0 Å². The number of para-hydroxylation sites is 1.